The Bertz CT molecular complexity index is 1440. The second kappa shape index (κ2) is 8.07. The second-order valence-electron chi connectivity index (χ2n) is 8.44. The minimum atomic E-state index is -0.161. The predicted molar refractivity (Wildman–Crippen MR) is 131 cm³/mol. The number of rotatable bonds is 4. The number of carbonyl (C=O) groups excluding carboxylic acids is 1. The fourth-order valence-electron chi connectivity index (χ4n) is 4.55. The molecule has 33 heavy (non-hydrogen) atoms. The highest BCUT2D eigenvalue weighted by atomic mass is 32.2. The van der Waals surface area contributed by atoms with E-state index in [1.54, 1.807) is 33.9 Å². The number of aromatic nitrogens is 4. The van der Waals surface area contributed by atoms with Gasteiger partial charge >= 0.3 is 0 Å². The van der Waals surface area contributed by atoms with Gasteiger partial charge in [-0.2, -0.15) is 0 Å². The van der Waals surface area contributed by atoms with Crippen molar-refractivity contribution >= 4 is 45.0 Å². The van der Waals surface area contributed by atoms with Crippen LogP contribution in [0.2, 0.25) is 0 Å². The van der Waals surface area contributed by atoms with Gasteiger partial charge in [-0.1, -0.05) is 23.1 Å². The number of thiazole rings is 1. The van der Waals surface area contributed by atoms with E-state index in [0.717, 1.165) is 67.8 Å². The molecular formula is C24H21N5O2S2. The number of benzene rings is 1. The summed E-state index contributed by atoms with van der Waals surface area (Å²) in [4.78, 5) is 40.5. The molecule has 4 aromatic rings. The Labute approximate surface area is 198 Å². The first-order valence-corrected chi connectivity index (χ1v) is 12.8. The molecule has 4 heterocycles. The molecule has 9 heteroatoms. The second-order valence-corrected chi connectivity index (χ2v) is 10.4. The van der Waals surface area contributed by atoms with Gasteiger partial charge in [0.2, 0.25) is 5.91 Å². The van der Waals surface area contributed by atoms with Gasteiger partial charge in [-0.15, -0.1) is 0 Å². The average Bonchev–Trinajstić information content (AvgIpc) is 3.53. The Kier molecular flexibility index (Phi) is 5.03. The molecule has 0 fully saturated rings. The summed E-state index contributed by atoms with van der Waals surface area (Å²) in [5, 5.41) is 4.69. The lowest BCUT2D eigenvalue weighted by Crippen LogP contribution is -2.30. The van der Waals surface area contributed by atoms with Crippen LogP contribution in [-0.4, -0.2) is 31.2 Å². The summed E-state index contributed by atoms with van der Waals surface area (Å²) in [7, 11) is 0. The molecular weight excluding hydrogens is 454 g/mol. The van der Waals surface area contributed by atoms with Crippen molar-refractivity contribution in [1.29, 1.82) is 0 Å². The summed E-state index contributed by atoms with van der Waals surface area (Å²) in [6.45, 7) is 1.98. The van der Waals surface area contributed by atoms with Crippen molar-refractivity contribution in [1.82, 2.24) is 19.5 Å². The van der Waals surface area contributed by atoms with Crippen LogP contribution >= 0.6 is 23.1 Å². The number of hydrogen-bond acceptors (Lipinski definition) is 7. The Morgan fingerprint density at radius 2 is 2.15 bits per heavy atom. The Balaban J connectivity index is 1.19. The van der Waals surface area contributed by atoms with Crippen molar-refractivity contribution in [3.8, 4) is 10.6 Å². The minimum Gasteiger partial charge on any atom is -0.326 e. The van der Waals surface area contributed by atoms with E-state index in [4.69, 9.17) is 0 Å². The van der Waals surface area contributed by atoms with Crippen LogP contribution in [0.3, 0.4) is 0 Å². The Morgan fingerprint density at radius 3 is 3.00 bits per heavy atom. The van der Waals surface area contributed by atoms with Gasteiger partial charge in [0.1, 0.15) is 15.4 Å². The van der Waals surface area contributed by atoms with Gasteiger partial charge < -0.3 is 5.32 Å². The maximum Gasteiger partial charge on any atom is 0.257 e. The number of nitrogens with zero attached hydrogens (tertiary/aromatic N) is 4. The van der Waals surface area contributed by atoms with Crippen molar-refractivity contribution < 1.29 is 4.79 Å². The zero-order valence-corrected chi connectivity index (χ0v) is 19.6. The van der Waals surface area contributed by atoms with E-state index in [1.165, 1.54) is 0 Å². The van der Waals surface area contributed by atoms with Crippen molar-refractivity contribution in [2.24, 2.45) is 0 Å². The predicted octanol–water partition coefficient (Wildman–Crippen LogP) is 4.39. The normalized spacial score (nSPS) is 16.7. The van der Waals surface area contributed by atoms with Crippen LogP contribution in [0.4, 0.5) is 5.69 Å². The largest absolute Gasteiger partial charge is 0.326 e. The van der Waals surface area contributed by atoms with Crippen LogP contribution in [0.1, 0.15) is 35.7 Å². The number of thioether (sulfide) groups is 1. The fraction of sp³-hybridized carbons (Fsp3) is 0.292. The van der Waals surface area contributed by atoms with Gasteiger partial charge in [-0.25, -0.2) is 15.0 Å². The summed E-state index contributed by atoms with van der Waals surface area (Å²) in [5.74, 6) is 0.600. The minimum absolute atomic E-state index is 0.0427. The van der Waals surface area contributed by atoms with Gasteiger partial charge in [-0.3, -0.25) is 14.2 Å². The van der Waals surface area contributed by atoms with Gasteiger partial charge in [0.25, 0.3) is 5.56 Å². The van der Waals surface area contributed by atoms with E-state index >= 15 is 0 Å². The standard InChI is InChI=1S/C24H21N5O2S2/c1-13-10-14(21-27-19-6-3-9-25-22(19)33-21)7-8-17(13)26-20(30)11-15-12-32-24-28-18-5-2-4-16(18)23(31)29(15)24/h3,6-10,15H,2,4-5,11-12H2,1H3,(H,26,30). The summed E-state index contributed by atoms with van der Waals surface area (Å²) < 4.78 is 1.74. The molecule has 0 bridgehead atoms. The summed E-state index contributed by atoms with van der Waals surface area (Å²) in [6.07, 6.45) is 4.69. The molecule has 1 atom stereocenters. The maximum absolute atomic E-state index is 13.0. The Morgan fingerprint density at radius 1 is 1.24 bits per heavy atom. The molecule has 0 saturated carbocycles. The summed E-state index contributed by atoms with van der Waals surface area (Å²) >= 11 is 3.12. The smallest absolute Gasteiger partial charge is 0.257 e. The monoisotopic (exact) mass is 475 g/mol. The van der Waals surface area contributed by atoms with E-state index in [0.29, 0.717) is 5.75 Å². The van der Waals surface area contributed by atoms with E-state index in [-0.39, 0.29) is 23.9 Å². The molecule has 0 spiro atoms. The number of nitrogens with one attached hydrogen (secondary N) is 1. The first kappa shape index (κ1) is 20.6. The molecule has 1 N–H and O–H groups in total. The number of aryl methyl sites for hydroxylation is 2. The van der Waals surface area contributed by atoms with Gasteiger partial charge in [0.15, 0.2) is 5.16 Å². The average molecular weight is 476 g/mol. The molecule has 166 valence electrons. The molecule has 1 aliphatic heterocycles. The van der Waals surface area contributed by atoms with Gasteiger partial charge in [0, 0.05) is 35.2 Å². The lowest BCUT2D eigenvalue weighted by Gasteiger charge is -2.15. The summed E-state index contributed by atoms with van der Waals surface area (Å²) in [5.41, 5.74) is 5.45. The molecule has 3 aromatic heterocycles. The fourth-order valence-corrected chi connectivity index (χ4v) is 6.61. The maximum atomic E-state index is 13.0. The first-order chi connectivity index (χ1) is 16.1. The topological polar surface area (TPSA) is 89.8 Å². The molecule has 0 saturated heterocycles. The highest BCUT2D eigenvalue weighted by molar-refractivity contribution is 7.99. The number of amides is 1. The van der Waals surface area contributed by atoms with Crippen LogP contribution in [0, 0.1) is 6.92 Å². The third-order valence-electron chi connectivity index (χ3n) is 6.21. The molecule has 1 aliphatic carbocycles. The number of carbonyl (C=O) groups is 1. The first-order valence-electron chi connectivity index (χ1n) is 11.0. The third-order valence-corrected chi connectivity index (χ3v) is 8.33. The SMILES string of the molecule is Cc1cc(-c2nc3cccnc3s2)ccc1NC(=O)CC1CSc2nc3c(c(=O)n21)CCC3. The van der Waals surface area contributed by atoms with Crippen LogP contribution in [0.25, 0.3) is 20.9 Å². The molecule has 1 aromatic carbocycles. The Hall–Kier alpha value is -3.04. The quantitative estimate of drug-likeness (QED) is 0.441. The van der Waals surface area contributed by atoms with Gasteiger partial charge in [0.05, 0.1) is 11.7 Å². The number of anilines is 1. The number of hydrogen-bond donors (Lipinski definition) is 1. The number of pyridine rings is 1. The lowest BCUT2D eigenvalue weighted by atomic mass is 10.1. The van der Waals surface area contributed by atoms with E-state index in [1.807, 2.05) is 37.3 Å². The van der Waals surface area contributed by atoms with E-state index < -0.39 is 0 Å². The van der Waals surface area contributed by atoms with Gasteiger partial charge in [-0.05, 0) is 62.1 Å². The van der Waals surface area contributed by atoms with Crippen molar-refractivity contribution in [3.63, 3.8) is 0 Å². The molecule has 2 aliphatic rings. The molecule has 6 rings (SSSR count). The number of fused-ring (bicyclic) bond motifs is 3. The lowest BCUT2D eigenvalue weighted by molar-refractivity contribution is -0.116. The van der Waals surface area contributed by atoms with Crippen molar-refractivity contribution in [2.45, 2.75) is 43.8 Å². The highest BCUT2D eigenvalue weighted by Gasteiger charge is 2.31. The molecule has 1 amide bonds. The summed E-state index contributed by atoms with van der Waals surface area (Å²) in [6, 6.07) is 9.60. The van der Waals surface area contributed by atoms with Crippen LogP contribution < -0.4 is 10.9 Å². The van der Waals surface area contributed by atoms with E-state index in [9.17, 15) is 9.59 Å². The van der Waals surface area contributed by atoms with Crippen LogP contribution in [0.5, 0.6) is 0 Å². The molecule has 7 nitrogen and oxygen atoms in total. The zero-order valence-electron chi connectivity index (χ0n) is 18.0. The van der Waals surface area contributed by atoms with Crippen molar-refractivity contribution in [3.05, 3.63) is 63.7 Å². The molecule has 0 radical (unpaired) electrons. The van der Waals surface area contributed by atoms with Crippen molar-refractivity contribution in [2.75, 3.05) is 11.1 Å². The van der Waals surface area contributed by atoms with E-state index in [2.05, 4.69) is 20.3 Å². The van der Waals surface area contributed by atoms with Crippen LogP contribution in [0.15, 0.2) is 46.5 Å². The van der Waals surface area contributed by atoms with Crippen LogP contribution in [-0.2, 0) is 17.6 Å². The zero-order chi connectivity index (χ0) is 22.5. The highest BCUT2D eigenvalue weighted by Crippen LogP contribution is 2.35. The molecule has 1 unspecified atom stereocenters. The third kappa shape index (κ3) is 3.65.